The first kappa shape index (κ1) is 18.6. The number of benzene rings is 2. The van der Waals surface area contributed by atoms with E-state index in [4.69, 9.17) is 4.11 Å². The number of fused-ring (bicyclic) bond motifs is 3. The van der Waals surface area contributed by atoms with E-state index in [0.29, 0.717) is 16.6 Å². The van der Waals surface area contributed by atoms with E-state index in [2.05, 4.69) is 25.9 Å². The van der Waals surface area contributed by atoms with Gasteiger partial charge in [0.15, 0.2) is 0 Å². The predicted octanol–water partition coefficient (Wildman–Crippen LogP) is 6.05. The van der Waals surface area contributed by atoms with E-state index in [1.165, 1.54) is 12.1 Å². The van der Waals surface area contributed by atoms with Gasteiger partial charge in [0.05, 0.1) is 17.6 Å². The summed E-state index contributed by atoms with van der Waals surface area (Å²) in [4.78, 5) is 17.6. The number of hydrogen-bond acceptors (Lipinski definition) is 6. The zero-order valence-corrected chi connectivity index (χ0v) is 20.3. The molecular weight excluding hydrogens is 605 g/mol. The fraction of sp³-hybridized carbons (Fsp3) is 0.0741. The van der Waals surface area contributed by atoms with Gasteiger partial charge in [-0.05, 0) is 53.7 Å². The van der Waals surface area contributed by atoms with Crippen molar-refractivity contribution in [3.05, 3.63) is 90.9 Å². The minimum absolute atomic E-state index is 0. The molecule has 0 radical (unpaired) electrons. The number of aromatic hydroxyl groups is 1. The van der Waals surface area contributed by atoms with Crippen molar-refractivity contribution < 1.29 is 30.3 Å². The summed E-state index contributed by atoms with van der Waals surface area (Å²) in [6, 6.07) is 21.3. The zero-order valence-electron chi connectivity index (χ0n) is 21.0. The van der Waals surface area contributed by atoms with Gasteiger partial charge in [0.1, 0.15) is 17.1 Å². The minimum Gasteiger partial charge on any atom is -0.506 e. The molecule has 0 fully saturated rings. The summed E-state index contributed by atoms with van der Waals surface area (Å²) in [6.07, 6.45) is 5.30. The number of pyridine rings is 3. The Bertz CT molecular complexity index is 1630. The number of hydrogen-bond donors (Lipinski definition) is 1. The number of phenolic OH excluding ortho intramolecular Hbond substituents is 1. The van der Waals surface area contributed by atoms with Crippen molar-refractivity contribution in [3.63, 3.8) is 0 Å². The monoisotopic (exact) mass is 628 g/mol. The SMILES string of the molecule is [2H]C([2H])([2H])c1ccc(O)c2nc(-c3[c-]c4c(cc3)N(C)c3ccncc3N4c3ccccn3)ccc12.[Pt]. The van der Waals surface area contributed by atoms with Gasteiger partial charge in [0, 0.05) is 50.0 Å². The number of aromatic nitrogens is 3. The molecule has 6 nitrogen and oxygen atoms in total. The molecule has 0 saturated heterocycles. The van der Waals surface area contributed by atoms with Crippen LogP contribution in [0.3, 0.4) is 0 Å². The summed E-state index contributed by atoms with van der Waals surface area (Å²) in [5.74, 6) is 0.647. The molecule has 6 rings (SSSR count). The van der Waals surface area contributed by atoms with Gasteiger partial charge in [-0.1, -0.05) is 24.3 Å². The number of phenols is 1. The first-order chi connectivity index (χ1) is 17.3. The second-order valence-electron chi connectivity index (χ2n) is 7.78. The van der Waals surface area contributed by atoms with Crippen LogP contribution in [0.15, 0.2) is 79.3 Å². The van der Waals surface area contributed by atoms with Gasteiger partial charge in [0.2, 0.25) is 0 Å². The van der Waals surface area contributed by atoms with Crippen LogP contribution < -0.4 is 9.80 Å². The summed E-state index contributed by atoms with van der Waals surface area (Å²) < 4.78 is 23.5. The molecule has 1 N–H and O–H groups in total. The van der Waals surface area contributed by atoms with Gasteiger partial charge in [-0.15, -0.1) is 23.8 Å². The van der Waals surface area contributed by atoms with E-state index in [1.54, 1.807) is 30.7 Å². The Kier molecular flexibility index (Phi) is 4.68. The molecule has 34 heavy (non-hydrogen) atoms. The quantitative estimate of drug-likeness (QED) is 0.240. The van der Waals surface area contributed by atoms with E-state index in [0.717, 1.165) is 28.6 Å². The van der Waals surface area contributed by atoms with E-state index in [1.807, 2.05) is 48.3 Å². The molecule has 0 saturated carbocycles. The Morgan fingerprint density at radius 3 is 2.68 bits per heavy atom. The van der Waals surface area contributed by atoms with Crippen LogP contribution in [0, 0.1) is 12.9 Å². The fourth-order valence-corrected chi connectivity index (χ4v) is 4.23. The number of rotatable bonds is 2. The predicted molar refractivity (Wildman–Crippen MR) is 131 cm³/mol. The van der Waals surface area contributed by atoms with Crippen LogP contribution >= 0.6 is 0 Å². The third-order valence-corrected chi connectivity index (χ3v) is 5.86. The molecule has 7 heteroatoms. The maximum absolute atomic E-state index is 10.5. The van der Waals surface area contributed by atoms with Crippen molar-refractivity contribution in [1.29, 1.82) is 0 Å². The first-order valence-electron chi connectivity index (χ1n) is 11.9. The van der Waals surface area contributed by atoms with Gasteiger partial charge in [-0.3, -0.25) is 9.97 Å². The molecule has 5 aromatic rings. The summed E-state index contributed by atoms with van der Waals surface area (Å²) in [6.45, 7) is -2.32. The van der Waals surface area contributed by atoms with E-state index < -0.39 is 6.85 Å². The molecule has 1 aliphatic heterocycles. The molecule has 4 heterocycles. The molecule has 2 aromatic carbocycles. The van der Waals surface area contributed by atoms with Gasteiger partial charge in [-0.25, -0.2) is 4.98 Å². The Hall–Kier alpha value is -3.76. The Labute approximate surface area is 216 Å². The van der Waals surface area contributed by atoms with Crippen LogP contribution in [0.4, 0.5) is 28.6 Å². The molecule has 0 spiro atoms. The molecule has 0 bridgehead atoms. The number of anilines is 5. The van der Waals surface area contributed by atoms with Crippen molar-refractivity contribution in [3.8, 4) is 17.0 Å². The van der Waals surface area contributed by atoms with Crippen LogP contribution in [0.2, 0.25) is 0 Å². The van der Waals surface area contributed by atoms with Crippen LogP contribution in [-0.4, -0.2) is 27.1 Å². The molecule has 0 unspecified atom stereocenters. The van der Waals surface area contributed by atoms with Crippen molar-refractivity contribution in [2.24, 2.45) is 0 Å². The molecule has 1 aliphatic rings. The zero-order chi connectivity index (χ0) is 25.0. The second kappa shape index (κ2) is 8.54. The maximum atomic E-state index is 10.5. The molecule has 0 atom stereocenters. The standard InChI is InChI=1S/C27H20N5O.Pt/c1-17-6-11-25(33)27-19(17)8-9-20(30-27)18-7-10-21-23(15-18)32(26-5-3-4-13-29-26)24-16-28-14-12-22(24)31(21)2;/h3-14,16,33H,1-2H3;/q-1;/i1D3;. The van der Waals surface area contributed by atoms with Crippen LogP contribution in [0.25, 0.3) is 22.2 Å². The van der Waals surface area contributed by atoms with Crippen LogP contribution in [0.5, 0.6) is 5.75 Å². The average Bonchev–Trinajstić information content (AvgIpc) is 2.88. The Morgan fingerprint density at radius 2 is 1.85 bits per heavy atom. The molecule has 170 valence electrons. The topological polar surface area (TPSA) is 65.4 Å². The van der Waals surface area contributed by atoms with Gasteiger partial charge in [0.25, 0.3) is 0 Å². The third kappa shape index (κ3) is 3.42. The van der Waals surface area contributed by atoms with Crippen molar-refractivity contribution in [1.82, 2.24) is 15.0 Å². The Morgan fingerprint density at radius 1 is 0.941 bits per heavy atom. The molecular formula is C27H20N5OPt-. The maximum Gasteiger partial charge on any atom is 0.140 e. The second-order valence-corrected chi connectivity index (χ2v) is 7.78. The first-order valence-corrected chi connectivity index (χ1v) is 10.4. The van der Waals surface area contributed by atoms with Crippen LogP contribution in [0.1, 0.15) is 9.68 Å². The number of aryl methyl sites for hydroxylation is 1. The summed E-state index contributed by atoms with van der Waals surface area (Å²) in [5.41, 5.74) is 5.19. The van der Waals surface area contributed by atoms with Crippen molar-refractivity contribution in [2.75, 3.05) is 16.8 Å². The van der Waals surface area contributed by atoms with Gasteiger partial charge in [-0.2, -0.15) is 0 Å². The fourth-order valence-electron chi connectivity index (χ4n) is 4.23. The van der Waals surface area contributed by atoms with Gasteiger partial charge < -0.3 is 14.9 Å². The van der Waals surface area contributed by atoms with Crippen molar-refractivity contribution >= 4 is 39.5 Å². The molecule has 0 amide bonds. The van der Waals surface area contributed by atoms with E-state index in [-0.39, 0.29) is 37.9 Å². The third-order valence-electron chi connectivity index (χ3n) is 5.86. The summed E-state index contributed by atoms with van der Waals surface area (Å²) >= 11 is 0. The summed E-state index contributed by atoms with van der Waals surface area (Å²) in [7, 11) is 1.99. The molecule has 0 aliphatic carbocycles. The molecule has 3 aromatic heterocycles. The normalized spacial score (nSPS) is 13.9. The van der Waals surface area contributed by atoms with Crippen molar-refractivity contribution in [2.45, 2.75) is 6.85 Å². The smallest absolute Gasteiger partial charge is 0.140 e. The largest absolute Gasteiger partial charge is 0.506 e. The van der Waals surface area contributed by atoms with Gasteiger partial charge >= 0.3 is 0 Å². The van der Waals surface area contributed by atoms with E-state index in [9.17, 15) is 5.11 Å². The summed E-state index contributed by atoms with van der Waals surface area (Å²) in [5, 5.41) is 10.9. The van der Waals surface area contributed by atoms with Crippen LogP contribution in [-0.2, 0) is 21.1 Å². The average molecular weight is 629 g/mol. The minimum atomic E-state index is -2.32. The van der Waals surface area contributed by atoms with E-state index >= 15 is 0 Å². The Balaban J connectivity index is 0.00000280. The number of nitrogens with zero attached hydrogens (tertiary/aromatic N) is 5.